The van der Waals surface area contributed by atoms with Crippen molar-refractivity contribution in [2.75, 3.05) is 26.2 Å². The summed E-state index contributed by atoms with van der Waals surface area (Å²) in [6.07, 6.45) is 2.21. The Hall–Kier alpha value is -3.20. The van der Waals surface area contributed by atoms with E-state index < -0.39 is 5.69 Å². The topological polar surface area (TPSA) is 96.2 Å². The Morgan fingerprint density at radius 3 is 2.38 bits per heavy atom. The first-order chi connectivity index (χ1) is 16.4. The summed E-state index contributed by atoms with van der Waals surface area (Å²) in [5.41, 5.74) is 2.35. The maximum Gasteiger partial charge on any atom is 0.330 e. The van der Waals surface area contributed by atoms with Gasteiger partial charge in [-0.05, 0) is 25.8 Å². The number of carbonyl (C=O) groups excluding carboxylic acids is 1. The van der Waals surface area contributed by atoms with Gasteiger partial charge in [-0.25, -0.2) is 9.78 Å². The number of amides is 1. The van der Waals surface area contributed by atoms with E-state index in [1.54, 1.807) is 4.57 Å². The van der Waals surface area contributed by atoms with Crippen LogP contribution in [0, 0.1) is 6.92 Å². The number of hydrogen-bond acceptors (Lipinski definition) is 5. The Morgan fingerprint density at radius 1 is 1.03 bits per heavy atom. The molecule has 0 radical (unpaired) electrons. The summed E-state index contributed by atoms with van der Waals surface area (Å²) in [5.74, 6) is 0.925. The molecular formula is C25H34N6O3. The minimum absolute atomic E-state index is 0.149. The second kappa shape index (κ2) is 10.4. The number of fused-ring (bicyclic) bond motifs is 1. The molecule has 0 saturated carbocycles. The Labute approximate surface area is 199 Å². The third kappa shape index (κ3) is 4.99. The molecular weight excluding hydrogens is 432 g/mol. The summed E-state index contributed by atoms with van der Waals surface area (Å²) in [4.78, 5) is 49.2. The van der Waals surface area contributed by atoms with Crippen LogP contribution in [-0.2, 0) is 30.8 Å². The number of carbonyl (C=O) groups is 1. The number of aromatic nitrogens is 4. The molecule has 0 bridgehead atoms. The van der Waals surface area contributed by atoms with Crippen LogP contribution in [0.1, 0.15) is 43.6 Å². The summed E-state index contributed by atoms with van der Waals surface area (Å²) in [7, 11) is 0. The van der Waals surface area contributed by atoms with E-state index in [9.17, 15) is 14.4 Å². The van der Waals surface area contributed by atoms with Gasteiger partial charge in [-0.15, -0.1) is 0 Å². The molecule has 1 fully saturated rings. The number of nitrogens with one attached hydrogen (secondary N) is 1. The van der Waals surface area contributed by atoms with Crippen LogP contribution < -0.4 is 11.2 Å². The van der Waals surface area contributed by atoms with Crippen molar-refractivity contribution in [2.45, 2.75) is 59.7 Å². The lowest BCUT2D eigenvalue weighted by molar-refractivity contribution is -0.132. The van der Waals surface area contributed by atoms with Crippen LogP contribution in [0.3, 0.4) is 0 Å². The number of rotatable bonds is 8. The van der Waals surface area contributed by atoms with Crippen LogP contribution in [0.4, 0.5) is 0 Å². The number of nitrogens with zero attached hydrogens (tertiary/aromatic N) is 5. The zero-order valence-corrected chi connectivity index (χ0v) is 20.3. The fraction of sp³-hybridized carbons (Fsp3) is 0.520. The van der Waals surface area contributed by atoms with E-state index in [0.717, 1.165) is 37.3 Å². The maximum absolute atomic E-state index is 12.7. The van der Waals surface area contributed by atoms with Gasteiger partial charge in [0.05, 0.1) is 13.0 Å². The Kier molecular flexibility index (Phi) is 7.31. The second-order valence-electron chi connectivity index (χ2n) is 9.03. The first kappa shape index (κ1) is 23.9. The third-order valence-corrected chi connectivity index (χ3v) is 6.58. The number of H-pyrrole nitrogens is 1. The maximum atomic E-state index is 12.7. The molecule has 34 heavy (non-hydrogen) atoms. The van der Waals surface area contributed by atoms with Gasteiger partial charge < -0.3 is 9.47 Å². The monoisotopic (exact) mass is 466 g/mol. The molecule has 1 saturated heterocycles. The molecule has 9 nitrogen and oxygen atoms in total. The first-order valence-corrected chi connectivity index (χ1v) is 12.2. The number of unbranched alkanes of at least 4 members (excludes halogenated alkanes) is 1. The molecule has 0 spiro atoms. The fourth-order valence-corrected chi connectivity index (χ4v) is 4.55. The van der Waals surface area contributed by atoms with Gasteiger partial charge in [-0.2, -0.15) is 0 Å². The summed E-state index contributed by atoms with van der Waals surface area (Å²) in [5, 5.41) is 0. The number of imidazole rings is 1. The van der Waals surface area contributed by atoms with E-state index in [0.29, 0.717) is 50.3 Å². The van der Waals surface area contributed by atoms with Gasteiger partial charge in [0.1, 0.15) is 5.82 Å². The highest BCUT2D eigenvalue weighted by Crippen LogP contribution is 2.16. The zero-order chi connectivity index (χ0) is 24.2. The van der Waals surface area contributed by atoms with Crippen LogP contribution >= 0.6 is 0 Å². The van der Waals surface area contributed by atoms with E-state index in [1.807, 2.05) is 47.6 Å². The van der Waals surface area contributed by atoms with Gasteiger partial charge in [0.15, 0.2) is 11.2 Å². The van der Waals surface area contributed by atoms with Crippen LogP contribution in [0.25, 0.3) is 11.2 Å². The average Bonchev–Trinajstić information content (AvgIpc) is 3.19. The summed E-state index contributed by atoms with van der Waals surface area (Å²) >= 11 is 0. The van der Waals surface area contributed by atoms with Crippen LogP contribution in [0.2, 0.25) is 0 Å². The van der Waals surface area contributed by atoms with Gasteiger partial charge in [0, 0.05) is 39.3 Å². The molecule has 1 aliphatic rings. The molecule has 1 amide bonds. The Morgan fingerprint density at radius 2 is 1.74 bits per heavy atom. The van der Waals surface area contributed by atoms with Crippen molar-refractivity contribution in [3.63, 3.8) is 0 Å². The van der Waals surface area contributed by atoms with Crippen LogP contribution in [0.15, 0.2) is 33.9 Å². The highest BCUT2D eigenvalue weighted by Gasteiger charge is 2.24. The lowest BCUT2D eigenvalue weighted by Gasteiger charge is -2.34. The molecule has 4 rings (SSSR count). The fourth-order valence-electron chi connectivity index (χ4n) is 4.55. The third-order valence-electron chi connectivity index (χ3n) is 6.58. The highest BCUT2D eigenvalue weighted by atomic mass is 16.2. The largest absolute Gasteiger partial charge is 0.340 e. The summed E-state index contributed by atoms with van der Waals surface area (Å²) in [6.45, 7) is 10.6. The molecule has 0 atom stereocenters. The Balaban J connectivity index is 1.46. The summed E-state index contributed by atoms with van der Waals surface area (Å²) in [6, 6.07) is 8.10. The zero-order valence-electron chi connectivity index (χ0n) is 20.3. The van der Waals surface area contributed by atoms with E-state index in [4.69, 9.17) is 4.98 Å². The van der Waals surface area contributed by atoms with Crippen molar-refractivity contribution in [3.05, 3.63) is 62.1 Å². The van der Waals surface area contributed by atoms with Crippen molar-refractivity contribution in [1.29, 1.82) is 0 Å². The van der Waals surface area contributed by atoms with Crippen molar-refractivity contribution >= 4 is 17.1 Å². The van der Waals surface area contributed by atoms with E-state index in [2.05, 4.69) is 16.8 Å². The van der Waals surface area contributed by atoms with E-state index in [-0.39, 0.29) is 11.5 Å². The number of piperazine rings is 1. The molecule has 9 heteroatoms. The van der Waals surface area contributed by atoms with Gasteiger partial charge in [-0.3, -0.25) is 24.0 Å². The van der Waals surface area contributed by atoms with Crippen molar-refractivity contribution in [2.24, 2.45) is 0 Å². The summed E-state index contributed by atoms with van der Waals surface area (Å²) < 4.78 is 3.49. The van der Waals surface area contributed by atoms with Gasteiger partial charge >= 0.3 is 5.69 Å². The minimum Gasteiger partial charge on any atom is -0.340 e. The molecule has 1 aromatic carbocycles. The van der Waals surface area contributed by atoms with Crippen LogP contribution in [-0.4, -0.2) is 61.0 Å². The lowest BCUT2D eigenvalue weighted by Crippen LogP contribution is -2.49. The highest BCUT2D eigenvalue weighted by molar-refractivity contribution is 5.79. The van der Waals surface area contributed by atoms with Gasteiger partial charge in [0.25, 0.3) is 5.56 Å². The number of aryl methyl sites for hydroxylation is 3. The molecule has 2 aromatic heterocycles. The van der Waals surface area contributed by atoms with Gasteiger partial charge in [0.2, 0.25) is 5.91 Å². The van der Waals surface area contributed by atoms with Crippen LogP contribution in [0.5, 0.6) is 0 Å². The molecule has 0 aliphatic carbocycles. The van der Waals surface area contributed by atoms with Crippen molar-refractivity contribution < 1.29 is 4.79 Å². The molecule has 3 aromatic rings. The molecule has 3 heterocycles. The minimum atomic E-state index is -0.404. The molecule has 182 valence electrons. The van der Waals surface area contributed by atoms with Gasteiger partial charge in [-0.1, -0.05) is 43.2 Å². The van der Waals surface area contributed by atoms with E-state index >= 15 is 0 Å². The quantitative estimate of drug-likeness (QED) is 0.547. The lowest BCUT2D eigenvalue weighted by atomic mass is 10.1. The van der Waals surface area contributed by atoms with Crippen molar-refractivity contribution in [1.82, 2.24) is 28.9 Å². The smallest absolute Gasteiger partial charge is 0.330 e. The predicted molar refractivity (Wildman–Crippen MR) is 132 cm³/mol. The standard InChI is InChI=1S/C25H34N6O3/c1-4-6-11-31-23-22(24(33)27-25(31)34)30(5-2)20(26-23)17-28-12-14-29(15-13-28)21(32)16-19-9-7-18(3)8-10-19/h7-10H,4-6,11-17H2,1-3H3,(H,27,33,34). The molecule has 1 N–H and O–H groups in total. The number of benzene rings is 1. The second-order valence-corrected chi connectivity index (χ2v) is 9.03. The first-order valence-electron chi connectivity index (χ1n) is 12.2. The average molecular weight is 467 g/mol. The van der Waals surface area contributed by atoms with Crippen molar-refractivity contribution in [3.8, 4) is 0 Å². The normalized spacial score (nSPS) is 14.7. The SMILES string of the molecule is CCCCn1c(=O)[nH]c(=O)c2c1nc(CN1CCN(C(=O)Cc3ccc(C)cc3)CC1)n2CC. The Bertz CT molecular complexity index is 1260. The number of aromatic amines is 1. The molecule has 1 aliphatic heterocycles. The number of hydrogen-bond donors (Lipinski definition) is 1. The predicted octanol–water partition coefficient (Wildman–Crippen LogP) is 1.90. The van der Waals surface area contributed by atoms with E-state index in [1.165, 1.54) is 5.56 Å². The molecule has 0 unspecified atom stereocenters.